The first kappa shape index (κ1) is 10.7. The molecule has 2 nitrogen and oxygen atoms in total. The molecule has 1 saturated carbocycles. The predicted molar refractivity (Wildman–Crippen MR) is 61.4 cm³/mol. The fourth-order valence-corrected chi connectivity index (χ4v) is 2.18. The molecule has 1 aromatic carbocycles. The molecule has 1 aliphatic rings. The van der Waals surface area contributed by atoms with Crippen LogP contribution in [0.3, 0.4) is 0 Å². The molecule has 0 heterocycles. The van der Waals surface area contributed by atoms with Crippen molar-refractivity contribution in [2.24, 2.45) is 11.7 Å². The molecule has 1 aliphatic carbocycles. The summed E-state index contributed by atoms with van der Waals surface area (Å²) in [5.41, 5.74) is 7.10. The molecule has 2 heteroatoms. The molecular formula is C13H19NO. The van der Waals surface area contributed by atoms with E-state index >= 15 is 0 Å². The Balaban J connectivity index is 1.67. The largest absolute Gasteiger partial charge is 0.376 e. The Bertz CT molecular complexity index is 286. The molecule has 0 bridgehead atoms. The molecule has 2 atom stereocenters. The Morgan fingerprint density at radius 3 is 2.67 bits per heavy atom. The minimum absolute atomic E-state index is 0.412. The summed E-state index contributed by atoms with van der Waals surface area (Å²) in [5, 5.41) is 0. The van der Waals surface area contributed by atoms with E-state index in [0.29, 0.717) is 12.0 Å². The summed E-state index contributed by atoms with van der Waals surface area (Å²) in [6.45, 7) is 1.59. The lowest BCUT2D eigenvalue weighted by atomic mass is 10.1. The van der Waals surface area contributed by atoms with Crippen LogP contribution in [0.4, 0.5) is 0 Å². The molecule has 1 aromatic rings. The van der Waals surface area contributed by atoms with E-state index in [0.717, 1.165) is 19.6 Å². The van der Waals surface area contributed by atoms with E-state index in [-0.39, 0.29) is 0 Å². The maximum Gasteiger partial charge on any atom is 0.0717 e. The van der Waals surface area contributed by atoms with Crippen molar-refractivity contribution < 1.29 is 4.74 Å². The zero-order valence-electron chi connectivity index (χ0n) is 9.06. The third kappa shape index (κ3) is 3.33. The lowest BCUT2D eigenvalue weighted by Crippen LogP contribution is -2.16. The highest BCUT2D eigenvalue weighted by atomic mass is 16.5. The van der Waals surface area contributed by atoms with Gasteiger partial charge in [0.1, 0.15) is 0 Å². The van der Waals surface area contributed by atoms with Gasteiger partial charge in [-0.1, -0.05) is 30.3 Å². The van der Waals surface area contributed by atoms with E-state index < -0.39 is 0 Å². The molecule has 15 heavy (non-hydrogen) atoms. The second-order valence-electron chi connectivity index (χ2n) is 4.44. The minimum Gasteiger partial charge on any atom is -0.376 e. The number of hydrogen-bond donors (Lipinski definition) is 1. The van der Waals surface area contributed by atoms with E-state index in [1.54, 1.807) is 0 Å². The second-order valence-corrected chi connectivity index (χ2v) is 4.44. The number of hydrogen-bond acceptors (Lipinski definition) is 2. The smallest absolute Gasteiger partial charge is 0.0717 e. The second kappa shape index (κ2) is 5.29. The Hall–Kier alpha value is -0.860. The normalized spacial score (nSPS) is 25.7. The molecule has 0 spiro atoms. The van der Waals surface area contributed by atoms with Gasteiger partial charge >= 0.3 is 0 Å². The fourth-order valence-electron chi connectivity index (χ4n) is 2.18. The average molecular weight is 205 g/mol. The van der Waals surface area contributed by atoms with Crippen LogP contribution in [0.5, 0.6) is 0 Å². The molecule has 0 unspecified atom stereocenters. The van der Waals surface area contributed by atoms with Crippen LogP contribution >= 0.6 is 0 Å². The summed E-state index contributed by atoms with van der Waals surface area (Å²) >= 11 is 0. The molecule has 0 radical (unpaired) electrons. The Morgan fingerprint density at radius 1 is 1.20 bits per heavy atom. The predicted octanol–water partition coefficient (Wildman–Crippen LogP) is 2.33. The molecule has 0 amide bonds. The number of nitrogens with two attached hydrogens (primary N) is 1. The molecule has 0 aliphatic heterocycles. The van der Waals surface area contributed by atoms with Gasteiger partial charge in [0.05, 0.1) is 6.61 Å². The Morgan fingerprint density at radius 2 is 2.00 bits per heavy atom. The van der Waals surface area contributed by atoms with Crippen molar-refractivity contribution in [1.29, 1.82) is 0 Å². The van der Waals surface area contributed by atoms with E-state index in [2.05, 4.69) is 12.1 Å². The van der Waals surface area contributed by atoms with Gasteiger partial charge in [-0.3, -0.25) is 0 Å². The molecular weight excluding hydrogens is 186 g/mol. The quantitative estimate of drug-likeness (QED) is 0.818. The molecule has 2 rings (SSSR count). The van der Waals surface area contributed by atoms with Gasteiger partial charge in [0, 0.05) is 12.6 Å². The maximum atomic E-state index is 5.85. The Labute approximate surface area is 91.4 Å². The van der Waals surface area contributed by atoms with Crippen LogP contribution in [0.2, 0.25) is 0 Å². The SMILES string of the molecule is N[C@@H]1CC[C@H](COCc2ccccc2)C1. The summed E-state index contributed by atoms with van der Waals surface area (Å²) in [6.07, 6.45) is 3.53. The highest BCUT2D eigenvalue weighted by Crippen LogP contribution is 2.24. The van der Waals surface area contributed by atoms with Crippen LogP contribution < -0.4 is 5.73 Å². The van der Waals surface area contributed by atoms with Gasteiger partial charge in [-0.2, -0.15) is 0 Å². The number of benzene rings is 1. The van der Waals surface area contributed by atoms with Crippen molar-refractivity contribution in [1.82, 2.24) is 0 Å². The molecule has 0 saturated heterocycles. The van der Waals surface area contributed by atoms with E-state index in [4.69, 9.17) is 10.5 Å². The Kier molecular flexibility index (Phi) is 3.75. The third-order valence-electron chi connectivity index (χ3n) is 3.05. The first-order chi connectivity index (χ1) is 7.34. The van der Waals surface area contributed by atoms with Crippen LogP contribution in [-0.2, 0) is 11.3 Å². The van der Waals surface area contributed by atoms with E-state index in [9.17, 15) is 0 Å². The van der Waals surface area contributed by atoms with Gasteiger partial charge in [-0.25, -0.2) is 0 Å². The molecule has 0 aromatic heterocycles. The van der Waals surface area contributed by atoms with Crippen molar-refractivity contribution in [3.63, 3.8) is 0 Å². The maximum absolute atomic E-state index is 5.85. The van der Waals surface area contributed by atoms with Crippen LogP contribution in [0.25, 0.3) is 0 Å². The molecule has 1 fully saturated rings. The van der Waals surface area contributed by atoms with E-state index in [1.807, 2.05) is 18.2 Å². The number of rotatable bonds is 4. The zero-order chi connectivity index (χ0) is 10.5. The van der Waals surface area contributed by atoms with E-state index in [1.165, 1.54) is 18.4 Å². The summed E-state index contributed by atoms with van der Waals surface area (Å²) in [6, 6.07) is 10.7. The topological polar surface area (TPSA) is 35.2 Å². The summed E-state index contributed by atoms with van der Waals surface area (Å²) in [7, 11) is 0. The van der Waals surface area contributed by atoms with Crippen LogP contribution in [-0.4, -0.2) is 12.6 Å². The summed E-state index contributed by atoms with van der Waals surface area (Å²) < 4.78 is 5.70. The first-order valence-electron chi connectivity index (χ1n) is 5.72. The van der Waals surface area contributed by atoms with Crippen LogP contribution in [0.1, 0.15) is 24.8 Å². The fraction of sp³-hybridized carbons (Fsp3) is 0.538. The summed E-state index contributed by atoms with van der Waals surface area (Å²) in [5.74, 6) is 0.684. The van der Waals surface area contributed by atoms with Gasteiger partial charge in [0.25, 0.3) is 0 Å². The minimum atomic E-state index is 0.412. The van der Waals surface area contributed by atoms with Crippen molar-refractivity contribution in [3.05, 3.63) is 35.9 Å². The van der Waals surface area contributed by atoms with Gasteiger partial charge in [-0.15, -0.1) is 0 Å². The van der Waals surface area contributed by atoms with Crippen molar-refractivity contribution >= 4 is 0 Å². The number of ether oxygens (including phenoxy) is 1. The van der Waals surface area contributed by atoms with Gasteiger partial charge in [0.15, 0.2) is 0 Å². The molecule has 82 valence electrons. The summed E-state index contributed by atoms with van der Waals surface area (Å²) in [4.78, 5) is 0. The standard InChI is InChI=1S/C13H19NO/c14-13-7-6-12(8-13)10-15-9-11-4-2-1-3-5-11/h1-5,12-13H,6-10,14H2/t12-,13+/m0/s1. The lowest BCUT2D eigenvalue weighted by Gasteiger charge is -2.10. The highest BCUT2D eigenvalue weighted by molar-refractivity contribution is 5.13. The highest BCUT2D eigenvalue weighted by Gasteiger charge is 2.21. The van der Waals surface area contributed by atoms with Crippen LogP contribution in [0, 0.1) is 5.92 Å². The lowest BCUT2D eigenvalue weighted by molar-refractivity contribution is 0.0885. The van der Waals surface area contributed by atoms with Crippen molar-refractivity contribution in [2.75, 3.05) is 6.61 Å². The van der Waals surface area contributed by atoms with Crippen molar-refractivity contribution in [2.45, 2.75) is 31.9 Å². The average Bonchev–Trinajstić information content (AvgIpc) is 2.66. The van der Waals surface area contributed by atoms with Crippen molar-refractivity contribution in [3.8, 4) is 0 Å². The van der Waals surface area contributed by atoms with Gasteiger partial charge in [-0.05, 0) is 30.7 Å². The zero-order valence-corrected chi connectivity index (χ0v) is 9.06. The van der Waals surface area contributed by atoms with Gasteiger partial charge in [0.2, 0.25) is 0 Å². The first-order valence-corrected chi connectivity index (χ1v) is 5.72. The van der Waals surface area contributed by atoms with Crippen LogP contribution in [0.15, 0.2) is 30.3 Å². The monoisotopic (exact) mass is 205 g/mol. The molecule has 2 N–H and O–H groups in total. The van der Waals surface area contributed by atoms with Gasteiger partial charge < -0.3 is 10.5 Å². The third-order valence-corrected chi connectivity index (χ3v) is 3.05.